The number of carboxylic acid groups (broad SMARTS) is 1. The van der Waals surface area contributed by atoms with Crippen molar-refractivity contribution < 1.29 is 34.6 Å². The molecule has 0 amide bonds. The van der Waals surface area contributed by atoms with Crippen molar-refractivity contribution >= 4 is 17.4 Å². The van der Waals surface area contributed by atoms with Crippen molar-refractivity contribution in [2.45, 2.75) is 26.0 Å². The smallest absolute Gasteiger partial charge is 0.335 e. The number of rotatable bonds is 7. The van der Waals surface area contributed by atoms with Crippen LogP contribution < -0.4 is 4.74 Å². The zero-order valence-corrected chi connectivity index (χ0v) is 13.9. The van der Waals surface area contributed by atoms with Crippen molar-refractivity contribution in [3.8, 4) is 17.5 Å². The molecule has 0 unspecified atom stereocenters. The van der Waals surface area contributed by atoms with E-state index in [9.17, 15) is 29.9 Å². The Morgan fingerprint density at radius 3 is 2.27 bits per heavy atom. The number of hydrogen-bond donors (Lipinski definition) is 3. The molecule has 0 aliphatic heterocycles. The number of aromatic hydroxyl groups is 2. The highest BCUT2D eigenvalue weighted by Gasteiger charge is 2.33. The number of nitro groups is 1. The zero-order valence-electron chi connectivity index (χ0n) is 13.9. The molecule has 0 saturated heterocycles. The van der Waals surface area contributed by atoms with Crippen molar-refractivity contribution in [1.82, 2.24) is 4.57 Å². The average Bonchev–Trinajstić information content (AvgIpc) is 2.86. The molecular weight excluding hydrogens is 348 g/mol. The van der Waals surface area contributed by atoms with Crippen molar-refractivity contribution in [3.05, 3.63) is 46.0 Å². The fraction of sp³-hybridized carbons (Fsp3) is 0.250. The number of carboxylic acids is 1. The monoisotopic (exact) mass is 364 g/mol. The Hall–Kier alpha value is -3.56. The molecule has 0 saturated carbocycles. The fourth-order valence-corrected chi connectivity index (χ4v) is 2.15. The van der Waals surface area contributed by atoms with Gasteiger partial charge in [-0.3, -0.25) is 19.5 Å². The molecule has 0 aliphatic rings. The minimum atomic E-state index is -1.56. The van der Waals surface area contributed by atoms with Gasteiger partial charge in [-0.15, -0.1) is 0 Å². The van der Waals surface area contributed by atoms with E-state index >= 15 is 0 Å². The number of aromatic carboxylic acids is 1. The van der Waals surface area contributed by atoms with Gasteiger partial charge in [-0.2, -0.15) is 0 Å². The summed E-state index contributed by atoms with van der Waals surface area (Å²) in [5, 5.41) is 39.3. The van der Waals surface area contributed by atoms with Crippen molar-refractivity contribution in [2.75, 3.05) is 0 Å². The lowest BCUT2D eigenvalue weighted by Gasteiger charge is -2.25. The van der Waals surface area contributed by atoms with Gasteiger partial charge in [0.15, 0.2) is 28.9 Å². The molecule has 0 aliphatic carbocycles. The van der Waals surface area contributed by atoms with Crippen LogP contribution in [-0.4, -0.2) is 42.2 Å². The third kappa shape index (κ3) is 3.74. The second-order valence-corrected chi connectivity index (χ2v) is 5.92. The highest BCUT2D eigenvalue weighted by Crippen LogP contribution is 2.32. The summed E-state index contributed by atoms with van der Waals surface area (Å²) in [5.41, 5.74) is -2.45. The quantitative estimate of drug-likeness (QED) is 0.498. The Kier molecular flexibility index (Phi) is 4.87. The first-order chi connectivity index (χ1) is 12.0. The lowest BCUT2D eigenvalue weighted by Crippen LogP contribution is -2.40. The van der Waals surface area contributed by atoms with Gasteiger partial charge in [0.25, 0.3) is 0 Å². The van der Waals surface area contributed by atoms with Gasteiger partial charge in [0.2, 0.25) is 0 Å². The van der Waals surface area contributed by atoms with E-state index in [2.05, 4.69) is 0 Å². The van der Waals surface area contributed by atoms with Gasteiger partial charge in [-0.1, -0.05) is 0 Å². The van der Waals surface area contributed by atoms with Crippen LogP contribution in [0.15, 0.2) is 30.3 Å². The van der Waals surface area contributed by atoms with E-state index < -0.39 is 34.5 Å². The maximum atomic E-state index is 12.5. The molecular formula is C16H16N2O8. The SMILES string of the molecule is CC(C)(Oc1ccc(C(=O)O)cc1[N+](=O)[O-])C(=O)Cn1c(O)ccc1O. The summed E-state index contributed by atoms with van der Waals surface area (Å²) in [5.74, 6) is -2.87. The second-order valence-electron chi connectivity index (χ2n) is 5.92. The van der Waals surface area contributed by atoms with Crippen molar-refractivity contribution in [2.24, 2.45) is 0 Å². The number of aromatic nitrogens is 1. The average molecular weight is 364 g/mol. The van der Waals surface area contributed by atoms with Crippen LogP contribution in [0, 0.1) is 10.1 Å². The third-order valence-electron chi connectivity index (χ3n) is 3.68. The number of nitro benzene ring substituents is 1. The van der Waals surface area contributed by atoms with Crippen LogP contribution in [0.1, 0.15) is 24.2 Å². The minimum absolute atomic E-state index is 0.278. The van der Waals surface area contributed by atoms with Gasteiger partial charge in [-0.05, 0) is 26.0 Å². The summed E-state index contributed by atoms with van der Waals surface area (Å²) < 4.78 is 6.40. The van der Waals surface area contributed by atoms with Crippen LogP contribution in [0.3, 0.4) is 0 Å². The molecule has 1 aromatic carbocycles. The molecule has 0 fully saturated rings. The van der Waals surface area contributed by atoms with E-state index in [0.29, 0.717) is 0 Å². The number of ketones is 1. The van der Waals surface area contributed by atoms with Gasteiger partial charge in [0.1, 0.15) is 0 Å². The molecule has 3 N–H and O–H groups in total. The fourth-order valence-electron chi connectivity index (χ4n) is 2.15. The van der Waals surface area contributed by atoms with Crippen LogP contribution in [0.25, 0.3) is 0 Å². The Morgan fingerprint density at radius 2 is 1.77 bits per heavy atom. The molecule has 0 bridgehead atoms. The molecule has 10 nitrogen and oxygen atoms in total. The molecule has 0 atom stereocenters. The molecule has 2 aromatic rings. The van der Waals surface area contributed by atoms with Gasteiger partial charge in [0.05, 0.1) is 17.0 Å². The normalized spacial score (nSPS) is 11.2. The third-order valence-corrected chi connectivity index (χ3v) is 3.68. The molecule has 0 radical (unpaired) electrons. The van der Waals surface area contributed by atoms with E-state index in [1.54, 1.807) is 0 Å². The first-order valence-corrected chi connectivity index (χ1v) is 7.34. The lowest BCUT2D eigenvalue weighted by atomic mass is 10.0. The van der Waals surface area contributed by atoms with Crippen LogP contribution >= 0.6 is 0 Å². The highest BCUT2D eigenvalue weighted by atomic mass is 16.6. The second kappa shape index (κ2) is 6.75. The lowest BCUT2D eigenvalue weighted by molar-refractivity contribution is -0.386. The Morgan fingerprint density at radius 1 is 1.19 bits per heavy atom. The molecule has 10 heteroatoms. The Bertz CT molecular complexity index is 865. The largest absolute Gasteiger partial charge is 0.494 e. The molecule has 138 valence electrons. The van der Waals surface area contributed by atoms with Crippen molar-refractivity contribution in [3.63, 3.8) is 0 Å². The number of ether oxygens (including phenoxy) is 1. The van der Waals surface area contributed by atoms with E-state index in [0.717, 1.165) is 22.8 Å². The number of benzene rings is 1. The number of carbonyl (C=O) groups excluding carboxylic acids is 1. The summed E-state index contributed by atoms with van der Waals surface area (Å²) in [4.78, 5) is 33.8. The summed E-state index contributed by atoms with van der Waals surface area (Å²) in [6.07, 6.45) is 0. The molecule has 26 heavy (non-hydrogen) atoms. The van der Waals surface area contributed by atoms with Gasteiger partial charge in [-0.25, -0.2) is 4.79 Å². The van der Waals surface area contributed by atoms with E-state index in [1.165, 1.54) is 26.0 Å². The minimum Gasteiger partial charge on any atom is -0.494 e. The maximum absolute atomic E-state index is 12.5. The van der Waals surface area contributed by atoms with Gasteiger partial charge in [0, 0.05) is 18.2 Å². The Balaban J connectivity index is 2.29. The number of nitrogens with zero attached hydrogens (tertiary/aromatic N) is 2. The van der Waals surface area contributed by atoms with Gasteiger partial charge >= 0.3 is 11.7 Å². The number of carbonyl (C=O) groups is 2. The summed E-state index contributed by atoms with van der Waals surface area (Å²) in [7, 11) is 0. The summed E-state index contributed by atoms with van der Waals surface area (Å²) in [6, 6.07) is 5.45. The molecule has 0 spiro atoms. The van der Waals surface area contributed by atoms with E-state index in [1.807, 2.05) is 0 Å². The molecule has 1 aromatic heterocycles. The first kappa shape index (κ1) is 18.8. The predicted octanol–water partition coefficient (Wildman–Crippen LogP) is 1.93. The predicted molar refractivity (Wildman–Crippen MR) is 87.5 cm³/mol. The van der Waals surface area contributed by atoms with Gasteiger partial charge < -0.3 is 20.1 Å². The summed E-state index contributed by atoms with van der Waals surface area (Å²) in [6.45, 7) is 2.29. The first-order valence-electron chi connectivity index (χ1n) is 7.34. The van der Waals surface area contributed by atoms with E-state index in [-0.39, 0.29) is 23.1 Å². The van der Waals surface area contributed by atoms with Crippen molar-refractivity contribution in [1.29, 1.82) is 0 Å². The highest BCUT2D eigenvalue weighted by molar-refractivity contribution is 5.89. The van der Waals surface area contributed by atoms with Crippen LogP contribution in [0.5, 0.6) is 17.5 Å². The van der Waals surface area contributed by atoms with Crippen LogP contribution in [0.4, 0.5) is 5.69 Å². The maximum Gasteiger partial charge on any atom is 0.335 e. The molecule has 1 heterocycles. The van der Waals surface area contributed by atoms with Crippen LogP contribution in [-0.2, 0) is 11.3 Å². The standard InChI is InChI=1S/C16H16N2O8/c1-16(2,12(19)8-17-13(20)5-6-14(17)21)26-11-4-3-9(15(22)23)7-10(11)18(24)25/h3-7,20-21H,8H2,1-2H3,(H,22,23). The summed E-state index contributed by atoms with van der Waals surface area (Å²) >= 11 is 0. The Labute approximate surface area is 147 Å². The number of Topliss-reactive ketones (excluding diaryl/α,β-unsaturated/α-hetero) is 1. The van der Waals surface area contributed by atoms with E-state index in [4.69, 9.17) is 9.84 Å². The molecule has 2 rings (SSSR count). The topological polar surface area (TPSA) is 152 Å². The number of hydrogen-bond acceptors (Lipinski definition) is 7. The van der Waals surface area contributed by atoms with Crippen LogP contribution in [0.2, 0.25) is 0 Å². The zero-order chi connectivity index (χ0) is 19.6.